The summed E-state index contributed by atoms with van der Waals surface area (Å²) < 4.78 is 0. The van der Waals surface area contributed by atoms with Crippen molar-refractivity contribution in [2.24, 2.45) is 0 Å². The molecule has 6 nitrogen and oxygen atoms in total. The van der Waals surface area contributed by atoms with Crippen molar-refractivity contribution in [3.05, 3.63) is 23.8 Å². The Morgan fingerprint density at radius 1 is 1.40 bits per heavy atom. The van der Waals surface area contributed by atoms with Gasteiger partial charge in [0.1, 0.15) is 5.75 Å². The molecule has 0 fully saturated rings. The minimum absolute atomic E-state index is 0.0235. The van der Waals surface area contributed by atoms with E-state index in [4.69, 9.17) is 5.11 Å². The topological polar surface area (TPSA) is 98.7 Å². The number of phenols is 1. The fraction of sp³-hybridized carbons (Fsp3) is 0.385. The molecule has 0 saturated carbocycles. The van der Waals surface area contributed by atoms with Gasteiger partial charge in [0.15, 0.2) is 0 Å². The van der Waals surface area contributed by atoms with Crippen molar-refractivity contribution in [1.82, 2.24) is 5.32 Å². The molecule has 0 bridgehead atoms. The highest BCUT2D eigenvalue weighted by Crippen LogP contribution is 2.21. The molecule has 1 unspecified atom stereocenters. The summed E-state index contributed by atoms with van der Waals surface area (Å²) in [6.45, 7) is 1.96. The molecule has 0 heterocycles. The SMILES string of the molecule is CCC(CSC)NC(=O)Nc1ccc(O)cc1C(=O)O. The predicted octanol–water partition coefficient (Wildman–Crippen LogP) is 2.35. The predicted molar refractivity (Wildman–Crippen MR) is 79.7 cm³/mol. The lowest BCUT2D eigenvalue weighted by Crippen LogP contribution is -2.39. The van der Waals surface area contributed by atoms with Crippen LogP contribution in [0.1, 0.15) is 23.7 Å². The first-order valence-corrected chi connectivity index (χ1v) is 7.50. The number of anilines is 1. The van der Waals surface area contributed by atoms with Gasteiger partial charge in [-0.15, -0.1) is 0 Å². The van der Waals surface area contributed by atoms with Gasteiger partial charge in [0, 0.05) is 11.8 Å². The Kier molecular flexibility index (Phi) is 6.17. The van der Waals surface area contributed by atoms with E-state index in [1.54, 1.807) is 11.8 Å². The fourth-order valence-corrected chi connectivity index (χ4v) is 2.35. The molecule has 0 aliphatic rings. The van der Waals surface area contributed by atoms with E-state index in [0.29, 0.717) is 0 Å². The fourth-order valence-electron chi connectivity index (χ4n) is 1.62. The summed E-state index contributed by atoms with van der Waals surface area (Å²) in [6, 6.07) is 3.33. The van der Waals surface area contributed by atoms with Gasteiger partial charge < -0.3 is 20.8 Å². The zero-order chi connectivity index (χ0) is 15.1. The van der Waals surface area contributed by atoms with Crippen molar-refractivity contribution in [1.29, 1.82) is 0 Å². The number of benzene rings is 1. The van der Waals surface area contributed by atoms with E-state index < -0.39 is 12.0 Å². The first kappa shape index (κ1) is 16.2. The highest BCUT2D eigenvalue weighted by atomic mass is 32.2. The number of hydrogen-bond acceptors (Lipinski definition) is 4. The Morgan fingerprint density at radius 2 is 2.10 bits per heavy atom. The van der Waals surface area contributed by atoms with Crippen LogP contribution >= 0.6 is 11.8 Å². The summed E-state index contributed by atoms with van der Waals surface area (Å²) in [7, 11) is 0. The number of aromatic carboxylic acids is 1. The van der Waals surface area contributed by atoms with Gasteiger partial charge in [-0.2, -0.15) is 11.8 Å². The number of urea groups is 1. The second-order valence-electron chi connectivity index (χ2n) is 4.19. The standard InChI is InChI=1S/C13H18N2O4S/c1-3-8(7-20-2)14-13(19)15-11-5-4-9(16)6-10(11)12(17)18/h4-6,8,16H,3,7H2,1-2H3,(H,17,18)(H2,14,15,19). The largest absolute Gasteiger partial charge is 0.508 e. The van der Waals surface area contributed by atoms with Gasteiger partial charge in [0.2, 0.25) is 0 Å². The Bertz CT molecular complexity index is 493. The molecule has 0 radical (unpaired) electrons. The van der Waals surface area contributed by atoms with Crippen LogP contribution in [0.5, 0.6) is 5.75 Å². The molecule has 0 saturated heterocycles. The summed E-state index contributed by atoms with van der Waals surface area (Å²) in [5.74, 6) is -0.597. The molecule has 7 heteroatoms. The Balaban J connectivity index is 2.77. The number of amides is 2. The van der Waals surface area contributed by atoms with E-state index in [9.17, 15) is 14.7 Å². The molecule has 0 spiro atoms. The van der Waals surface area contributed by atoms with E-state index in [1.165, 1.54) is 12.1 Å². The van der Waals surface area contributed by atoms with Gasteiger partial charge in [0.05, 0.1) is 11.3 Å². The molecule has 20 heavy (non-hydrogen) atoms. The number of carbonyl (C=O) groups excluding carboxylic acids is 1. The van der Waals surface area contributed by atoms with Crippen molar-refractivity contribution in [2.45, 2.75) is 19.4 Å². The molecular formula is C13H18N2O4S. The molecule has 1 aromatic carbocycles. The molecule has 110 valence electrons. The summed E-state index contributed by atoms with van der Waals surface area (Å²) in [5, 5.41) is 23.6. The van der Waals surface area contributed by atoms with Crippen LogP contribution in [-0.4, -0.2) is 40.3 Å². The summed E-state index contributed by atoms with van der Waals surface area (Å²) in [4.78, 5) is 22.9. The first-order valence-electron chi connectivity index (χ1n) is 6.10. The maximum atomic E-state index is 11.8. The number of nitrogens with one attached hydrogen (secondary N) is 2. The van der Waals surface area contributed by atoms with Crippen molar-refractivity contribution >= 4 is 29.4 Å². The van der Waals surface area contributed by atoms with Gasteiger partial charge in [-0.25, -0.2) is 9.59 Å². The van der Waals surface area contributed by atoms with E-state index in [2.05, 4.69) is 10.6 Å². The number of hydrogen-bond donors (Lipinski definition) is 4. The van der Waals surface area contributed by atoms with Crippen molar-refractivity contribution in [2.75, 3.05) is 17.3 Å². The van der Waals surface area contributed by atoms with Gasteiger partial charge in [-0.3, -0.25) is 0 Å². The van der Waals surface area contributed by atoms with Crippen molar-refractivity contribution in [3.63, 3.8) is 0 Å². The molecule has 0 aliphatic heterocycles. The smallest absolute Gasteiger partial charge is 0.337 e. The Hall–Kier alpha value is -1.89. The third kappa shape index (κ3) is 4.65. The van der Waals surface area contributed by atoms with Crippen LogP contribution in [0.3, 0.4) is 0 Å². The van der Waals surface area contributed by atoms with Gasteiger partial charge >= 0.3 is 12.0 Å². The lowest BCUT2D eigenvalue weighted by Gasteiger charge is -2.17. The van der Waals surface area contributed by atoms with E-state index >= 15 is 0 Å². The quantitative estimate of drug-likeness (QED) is 0.604. The maximum Gasteiger partial charge on any atom is 0.337 e. The molecule has 0 aliphatic carbocycles. The van der Waals surface area contributed by atoms with Crippen LogP contribution in [0.15, 0.2) is 18.2 Å². The minimum Gasteiger partial charge on any atom is -0.508 e. The number of rotatable bonds is 6. The summed E-state index contributed by atoms with van der Waals surface area (Å²) in [5.41, 5.74) is -0.00938. The zero-order valence-electron chi connectivity index (χ0n) is 11.3. The van der Waals surface area contributed by atoms with Crippen molar-refractivity contribution < 1.29 is 19.8 Å². The van der Waals surface area contributed by atoms with Crippen molar-refractivity contribution in [3.8, 4) is 5.75 Å². The van der Waals surface area contributed by atoms with Gasteiger partial charge in [-0.05, 0) is 30.9 Å². The number of carboxylic acids is 1. The minimum atomic E-state index is -1.22. The first-order chi connectivity index (χ1) is 9.47. The van der Waals surface area contributed by atoms with Crippen LogP contribution in [-0.2, 0) is 0 Å². The van der Waals surface area contributed by atoms with E-state index in [1.807, 2.05) is 13.2 Å². The molecule has 1 aromatic rings. The number of phenolic OH excluding ortho intramolecular Hbond substituents is 1. The maximum absolute atomic E-state index is 11.8. The number of aromatic hydroxyl groups is 1. The van der Waals surface area contributed by atoms with Crippen LogP contribution in [0.4, 0.5) is 10.5 Å². The summed E-state index contributed by atoms with van der Waals surface area (Å²) in [6.07, 6.45) is 2.74. The third-order valence-electron chi connectivity index (χ3n) is 2.68. The van der Waals surface area contributed by atoms with Gasteiger partial charge in [0.25, 0.3) is 0 Å². The van der Waals surface area contributed by atoms with Crippen LogP contribution in [0.2, 0.25) is 0 Å². The third-order valence-corrected chi connectivity index (χ3v) is 3.41. The number of carbonyl (C=O) groups is 2. The molecule has 4 N–H and O–H groups in total. The second-order valence-corrected chi connectivity index (χ2v) is 5.10. The lowest BCUT2D eigenvalue weighted by atomic mass is 10.1. The molecular weight excluding hydrogens is 280 g/mol. The van der Waals surface area contributed by atoms with Crippen LogP contribution in [0, 0.1) is 0 Å². The molecule has 1 atom stereocenters. The molecule has 0 aromatic heterocycles. The second kappa shape index (κ2) is 7.64. The highest BCUT2D eigenvalue weighted by Gasteiger charge is 2.15. The van der Waals surface area contributed by atoms with E-state index in [0.717, 1.165) is 18.2 Å². The average molecular weight is 298 g/mol. The van der Waals surface area contributed by atoms with Gasteiger partial charge in [-0.1, -0.05) is 6.92 Å². The molecule has 1 rings (SSSR count). The number of carboxylic acid groups (broad SMARTS) is 1. The monoisotopic (exact) mass is 298 g/mol. The summed E-state index contributed by atoms with van der Waals surface area (Å²) >= 11 is 1.62. The van der Waals surface area contributed by atoms with E-state index in [-0.39, 0.29) is 23.0 Å². The Labute approximate surface area is 121 Å². The van der Waals surface area contributed by atoms with Crippen LogP contribution in [0.25, 0.3) is 0 Å². The van der Waals surface area contributed by atoms with Crippen LogP contribution < -0.4 is 10.6 Å². The molecule has 2 amide bonds. The average Bonchev–Trinajstić information content (AvgIpc) is 2.40. The lowest BCUT2D eigenvalue weighted by molar-refractivity contribution is 0.0697. The normalized spacial score (nSPS) is 11.7. The Morgan fingerprint density at radius 3 is 2.65 bits per heavy atom. The number of thioether (sulfide) groups is 1. The highest BCUT2D eigenvalue weighted by molar-refractivity contribution is 7.98. The zero-order valence-corrected chi connectivity index (χ0v) is 12.2.